The Morgan fingerprint density at radius 3 is 1.78 bits per heavy atom. The van der Waals surface area contributed by atoms with Gasteiger partial charge in [-0.15, -0.1) is 0 Å². The molecule has 0 unspecified atom stereocenters. The van der Waals surface area contributed by atoms with E-state index >= 15 is 0 Å². The number of hydrogen-bond acceptors (Lipinski definition) is 26. The van der Waals surface area contributed by atoms with Crippen molar-refractivity contribution in [1.29, 1.82) is 0 Å². The number of nitrogens with one attached hydrogen (secondary N) is 14. The fourth-order valence-electron chi connectivity index (χ4n) is 16.5. The molecule has 15 amide bonds. The number of nitrogens with two attached hydrogens (primary N) is 4. The molecule has 1 aromatic heterocycles. The number of hydrogen-bond donors (Lipinski definition) is 22. The van der Waals surface area contributed by atoms with E-state index < -0.39 is 206 Å². The molecular weight excluding hydrogens is 1900 g/mol. The van der Waals surface area contributed by atoms with Gasteiger partial charge in [0.05, 0.1) is 51.5 Å². The number of ketones is 2. The van der Waals surface area contributed by atoms with Crippen LogP contribution in [-0.2, 0) is 113 Å². The van der Waals surface area contributed by atoms with Gasteiger partial charge in [-0.25, -0.2) is 4.79 Å². The van der Waals surface area contributed by atoms with E-state index in [4.69, 9.17) is 37.5 Å². The molecule has 3 aromatic rings. The van der Waals surface area contributed by atoms with Gasteiger partial charge < -0.3 is 132 Å². The third-order valence-corrected chi connectivity index (χ3v) is 24.8. The van der Waals surface area contributed by atoms with Crippen LogP contribution >= 0.6 is 0 Å². The summed E-state index contributed by atoms with van der Waals surface area (Å²) in [6.45, 7) is 2.39. The third-order valence-electron chi connectivity index (χ3n) is 24.8. The van der Waals surface area contributed by atoms with Crippen molar-refractivity contribution in [2.45, 2.75) is 324 Å². The number of allylic oxidation sites excluding steroid dienone is 1. The van der Waals surface area contributed by atoms with Crippen molar-refractivity contribution in [2.24, 2.45) is 38.8 Å². The van der Waals surface area contributed by atoms with E-state index in [1.807, 2.05) is 31.2 Å². The van der Waals surface area contributed by atoms with E-state index in [1.165, 1.54) is 44.6 Å². The Kier molecular flexibility index (Phi) is 58.9. The van der Waals surface area contributed by atoms with Crippen LogP contribution in [0.1, 0.15) is 250 Å². The summed E-state index contributed by atoms with van der Waals surface area (Å²) in [4.78, 5) is 260. The van der Waals surface area contributed by atoms with Crippen LogP contribution < -0.4 is 92.1 Å². The standard InChI is InChI=1S/C55H94N12O17.C45H61N9O8/c1-3-4-21-38(50(76)58-2)64-53(79)42(33-56)67-52(78)40(31-37-20-19-26-59-37)66-51(77)39(24-25-44(57)69)65-54(80)43(35-68)63-47(72)34-61-48(73)36-84-30-29-83-28-27-60-46(71)32-41(55(81)82)62-45(70)22-17-15-13-11-9-7-5-6-8-10-12-14-16-18-23-49(74)75;1-27-19-20-31(56)14-7-4-8-16-34(28(2)55)50-42(60)38(23-30-25-49-35-17-10-9-15-33(30)35)52-40(58)36(18-11-21-48-45(46)47)51-41(59)37(22-29-12-5-3-6-13-29)53-43(61)39-24-32(57)26-54(39)44(27)62/h20,26,38-43,68H,3-19,21-25,27-36,56H2,1-2H3,(H2,57,69)(H,58,76)(H,60,71)(H,61,73)(H,62,70)(H,63,72)(H,64,79)(H,65,80)(H,66,77)(H,67,78)(H,74,75)(H,81,82);3,5-6,9-10,12-13,15,17,25,27,32,34,36-39,49,57H,4,7-8,11,14,16,18-24,26H2,1-2H3,(H,50,60)(H,51,59)(H,52,58)(H,53,61)(H4,46,47,48)/t38-,39-,40-,41-,42-,43-;27-,32+,34-,36-,37+,38-,39-/m00/s1. The minimum Gasteiger partial charge on any atom is -0.481 e. The van der Waals surface area contributed by atoms with Crippen LogP contribution in [0.15, 0.2) is 82.6 Å². The number of unbranched alkanes of at least 4 members (excludes halogenated alkanes) is 14. The van der Waals surface area contributed by atoms with E-state index in [9.17, 15) is 106 Å². The van der Waals surface area contributed by atoms with E-state index in [-0.39, 0.29) is 146 Å². The maximum Gasteiger partial charge on any atom is 0.326 e. The fraction of sp³-hybridized carbons (Fsp3) is 0.630. The highest BCUT2D eigenvalue weighted by atomic mass is 16.5. The first-order chi connectivity index (χ1) is 69.9. The van der Waals surface area contributed by atoms with Crippen molar-refractivity contribution >= 4 is 135 Å². The molecule has 2 saturated heterocycles. The van der Waals surface area contributed by atoms with Gasteiger partial charge in [0.15, 0.2) is 11.7 Å². The van der Waals surface area contributed by atoms with Crippen molar-refractivity contribution in [3.05, 3.63) is 83.7 Å². The van der Waals surface area contributed by atoms with Crippen LogP contribution in [-0.4, -0.2) is 300 Å². The second-order valence-corrected chi connectivity index (χ2v) is 36.8. The van der Waals surface area contributed by atoms with Gasteiger partial charge >= 0.3 is 11.9 Å². The lowest BCUT2D eigenvalue weighted by atomic mass is 9.98. The Labute approximate surface area is 851 Å². The van der Waals surface area contributed by atoms with E-state index in [2.05, 4.69) is 84.1 Å². The van der Waals surface area contributed by atoms with Gasteiger partial charge in [0, 0.05) is 132 Å². The van der Waals surface area contributed by atoms with Gasteiger partial charge in [0.25, 0.3) is 0 Å². The number of carboxylic acid groups (broad SMARTS) is 2. The smallest absolute Gasteiger partial charge is 0.326 e. The Hall–Kier alpha value is -13.2. The average Bonchev–Trinajstić information content (AvgIpc) is 1.80. The number of aliphatic imine (C=N–C) groups is 2. The number of nitrogens with zero attached hydrogens (tertiary/aromatic N) is 3. The topological polar surface area (TPSA) is 728 Å². The fourth-order valence-corrected chi connectivity index (χ4v) is 16.5. The number of carbonyl (C=O) groups is 19. The number of guanidine groups is 1. The molecule has 0 bridgehead atoms. The number of likely N-dealkylation sites (N-methyl/N-ethyl adjacent to an activating group) is 1. The summed E-state index contributed by atoms with van der Waals surface area (Å²) in [6, 6.07) is 2.49. The number of aromatic amines is 1. The first-order valence-electron chi connectivity index (χ1n) is 50.8. The van der Waals surface area contributed by atoms with Gasteiger partial charge in [0.1, 0.15) is 72.8 Å². The summed E-state index contributed by atoms with van der Waals surface area (Å²) in [6.07, 6.45) is 22.4. The molecule has 13 atom stereocenters. The molecular formula is C100H155N21O25. The summed E-state index contributed by atoms with van der Waals surface area (Å²) in [5, 5.41) is 72.9. The molecule has 2 aromatic carbocycles. The van der Waals surface area contributed by atoms with Gasteiger partial charge in [-0.1, -0.05) is 171 Å². The lowest BCUT2D eigenvalue weighted by Gasteiger charge is -2.29. The number of benzene rings is 2. The number of para-hydroxylation sites is 1. The van der Waals surface area contributed by atoms with Crippen molar-refractivity contribution in [2.75, 3.05) is 72.8 Å². The Morgan fingerprint density at radius 2 is 1.16 bits per heavy atom. The van der Waals surface area contributed by atoms with Crippen LogP contribution in [0.3, 0.4) is 0 Å². The highest BCUT2D eigenvalue weighted by Gasteiger charge is 2.43. The largest absolute Gasteiger partial charge is 0.481 e. The highest BCUT2D eigenvalue weighted by molar-refractivity contribution is 6.00. The van der Waals surface area contributed by atoms with E-state index in [1.54, 1.807) is 55.7 Å². The van der Waals surface area contributed by atoms with Gasteiger partial charge in [-0.3, -0.25) is 96.3 Å². The molecule has 46 heteroatoms. The number of ether oxygens (including phenoxy) is 2. The maximum absolute atomic E-state index is 14.4. The second kappa shape index (κ2) is 69.7. The number of aromatic nitrogens is 1. The van der Waals surface area contributed by atoms with Crippen molar-refractivity contribution in [3.63, 3.8) is 0 Å². The molecule has 0 saturated carbocycles. The number of aliphatic hydroxyl groups excluding tert-OH is 2. The number of H-pyrrole nitrogens is 1. The van der Waals surface area contributed by atoms with E-state index in [0.717, 1.165) is 80.7 Å². The molecule has 3 aliphatic rings. The summed E-state index contributed by atoms with van der Waals surface area (Å²) in [7, 11) is 1.41. The number of aliphatic carboxylic acids is 2. The third kappa shape index (κ3) is 49.1. The van der Waals surface area contributed by atoms with Crippen LogP contribution in [0.4, 0.5) is 0 Å². The quantitative estimate of drug-likeness (QED) is 0.0205. The van der Waals surface area contributed by atoms with Gasteiger partial charge in [0.2, 0.25) is 88.6 Å². The maximum atomic E-state index is 14.4. The number of carboxylic acids is 2. The normalized spacial score (nSPS) is 18.7. The molecule has 4 heterocycles. The molecule has 6 rings (SSSR count). The lowest BCUT2D eigenvalue weighted by molar-refractivity contribution is -0.143. The summed E-state index contributed by atoms with van der Waals surface area (Å²) in [5.41, 5.74) is 24.9. The predicted molar refractivity (Wildman–Crippen MR) is 540 cm³/mol. The summed E-state index contributed by atoms with van der Waals surface area (Å²) < 4.78 is 10.6. The minimum absolute atomic E-state index is 0.00602. The number of fused-ring (bicyclic) bond motifs is 2. The Morgan fingerprint density at radius 1 is 0.575 bits per heavy atom. The zero-order valence-corrected chi connectivity index (χ0v) is 84.5. The molecule has 146 heavy (non-hydrogen) atoms. The van der Waals surface area contributed by atoms with Crippen LogP contribution in [0.5, 0.6) is 0 Å². The monoisotopic (exact) mass is 2050 g/mol. The molecule has 0 spiro atoms. The molecule has 810 valence electrons. The first-order valence-corrected chi connectivity index (χ1v) is 50.8. The number of Topliss-reactive ketones (excluding diaryl/α,β-unsaturated/α-hetero) is 2. The molecule has 0 aliphatic carbocycles. The Balaban J connectivity index is 0.000000535. The number of carbonyl (C=O) groups excluding carboxylic acids is 17. The molecule has 46 nitrogen and oxygen atoms in total. The van der Waals surface area contributed by atoms with Crippen molar-refractivity contribution in [3.8, 4) is 0 Å². The zero-order valence-electron chi connectivity index (χ0n) is 84.5. The molecule has 3 aliphatic heterocycles. The summed E-state index contributed by atoms with van der Waals surface area (Å²) >= 11 is 0. The van der Waals surface area contributed by atoms with Gasteiger partial charge in [-0.2, -0.15) is 0 Å². The minimum atomic E-state index is -1.67. The number of rotatable bonds is 60. The number of primary amides is 1. The molecule has 2 fully saturated rings. The molecule has 0 radical (unpaired) electrons. The number of amides is 15. The van der Waals surface area contributed by atoms with Crippen molar-refractivity contribution in [1.82, 2.24) is 79.0 Å². The van der Waals surface area contributed by atoms with Gasteiger partial charge in [-0.05, 0) is 81.9 Å². The predicted octanol–water partition coefficient (Wildman–Crippen LogP) is 0.309. The first kappa shape index (κ1) is 123. The lowest BCUT2D eigenvalue weighted by Crippen LogP contribution is -2.60. The molecule has 26 N–H and O–H groups in total. The number of aliphatic hydroxyl groups is 2. The zero-order chi connectivity index (χ0) is 107. The highest BCUT2D eigenvalue weighted by Crippen LogP contribution is 2.26. The van der Waals surface area contributed by atoms with Crippen LogP contribution in [0.25, 0.3) is 10.9 Å². The summed E-state index contributed by atoms with van der Waals surface area (Å²) in [5.74, 6) is -14.0. The van der Waals surface area contributed by atoms with Crippen molar-refractivity contribution < 1.29 is 121 Å². The SMILES string of the molecule is CC(=O)[C@@H]1CCCCCC(=O)CC[C@H](C)C(=O)N2C[C@H](O)C[C@H]2C(=O)N[C@H](Cc2ccccc2)C(=O)N[C@@H](CCCN=C(N)N)C(=O)N[C@@H](Cc2c[nH]c3ccccc23)C(=O)N1.CCCC[C@H](NC(=O)[C@H](CN)NC(=O)[C@H](CC1=CCC=N1)NC(=O)[C@H](CCC(N)=O)NC(=O)[C@H](CO)NC(=O)CNC(=O)COCCOCCNC(=O)C[C@H](NC(=O)CCCCCCCCCCCCCCCCC(=O)O)C(=O)O)C(=O)NC. The van der Waals surface area contributed by atoms with Crippen LogP contribution in [0.2, 0.25) is 0 Å². The second-order valence-electron chi connectivity index (χ2n) is 36.8. The average molecular weight is 2050 g/mol. The van der Waals surface area contributed by atoms with Crippen LogP contribution in [0, 0.1) is 5.92 Å². The van der Waals surface area contributed by atoms with E-state index in [0.29, 0.717) is 62.6 Å². The Bertz CT molecular complexity index is 4820.